The molecule has 0 saturated carbocycles. The number of carbonyl (C=O) groups is 1. The van der Waals surface area contributed by atoms with Crippen molar-refractivity contribution in [2.75, 3.05) is 11.9 Å². The number of amides is 1. The zero-order valence-corrected chi connectivity index (χ0v) is 18.7. The van der Waals surface area contributed by atoms with E-state index < -0.39 is 0 Å². The molecule has 0 aliphatic heterocycles. The van der Waals surface area contributed by atoms with Crippen molar-refractivity contribution in [2.45, 2.75) is 20.3 Å². The van der Waals surface area contributed by atoms with Crippen LogP contribution in [0.5, 0.6) is 5.75 Å². The zero-order chi connectivity index (χ0) is 22.5. The van der Waals surface area contributed by atoms with E-state index in [1.807, 2.05) is 80.6 Å². The predicted molar refractivity (Wildman–Crippen MR) is 129 cm³/mol. The van der Waals surface area contributed by atoms with E-state index in [1.165, 1.54) is 0 Å². The molecule has 0 atom stereocenters. The minimum atomic E-state index is -0.328. The first-order chi connectivity index (χ1) is 15.4. The molecular weight excluding hydrogens is 422 g/mol. The van der Waals surface area contributed by atoms with Gasteiger partial charge in [-0.25, -0.2) is 4.98 Å². The number of rotatable bonds is 6. The average Bonchev–Trinajstić information content (AvgIpc) is 3.16. The summed E-state index contributed by atoms with van der Waals surface area (Å²) in [5.74, 6) is 0.975. The summed E-state index contributed by atoms with van der Waals surface area (Å²) in [6.45, 7) is 3.90. The third kappa shape index (κ3) is 5.70. The van der Waals surface area contributed by atoms with Crippen LogP contribution in [-0.4, -0.2) is 22.6 Å². The van der Waals surface area contributed by atoms with Crippen LogP contribution in [0.2, 0.25) is 0 Å². The van der Waals surface area contributed by atoms with E-state index in [2.05, 4.69) is 15.6 Å². The van der Waals surface area contributed by atoms with Crippen molar-refractivity contribution >= 4 is 40.0 Å². The fourth-order valence-corrected chi connectivity index (χ4v) is 3.38. The Balaban J connectivity index is 1.27. The van der Waals surface area contributed by atoms with Crippen molar-refractivity contribution in [3.05, 3.63) is 89.3 Å². The molecule has 0 bridgehead atoms. The van der Waals surface area contributed by atoms with Crippen LogP contribution in [0.4, 0.5) is 5.69 Å². The minimum absolute atomic E-state index is 0.117. The van der Waals surface area contributed by atoms with Gasteiger partial charge in [0.1, 0.15) is 11.3 Å². The fourth-order valence-electron chi connectivity index (χ4n) is 3.15. The predicted octanol–water partition coefficient (Wildman–Crippen LogP) is 4.93. The standard InChI is InChI=1S/C25H23N3O3S/c1-16-3-10-20(11-4-16)30-15-23(29)28-25(32)26-19-8-6-18(7-9-19)14-24-27-21-13-17(2)5-12-22(21)31-24/h3-13H,14-15H2,1-2H3,(H2,26,28,29,32). The summed E-state index contributed by atoms with van der Waals surface area (Å²) in [6, 6.07) is 21.2. The van der Waals surface area contributed by atoms with Gasteiger partial charge < -0.3 is 14.5 Å². The van der Waals surface area contributed by atoms with Gasteiger partial charge in [0.2, 0.25) is 0 Å². The van der Waals surface area contributed by atoms with Gasteiger partial charge in [0, 0.05) is 12.1 Å². The van der Waals surface area contributed by atoms with Crippen molar-refractivity contribution in [1.82, 2.24) is 10.3 Å². The van der Waals surface area contributed by atoms with E-state index >= 15 is 0 Å². The molecule has 6 nitrogen and oxygen atoms in total. The molecule has 4 rings (SSSR count). The Bertz CT molecular complexity index is 1250. The van der Waals surface area contributed by atoms with Crippen LogP contribution in [0, 0.1) is 13.8 Å². The Kier molecular flexibility index (Phi) is 6.47. The van der Waals surface area contributed by atoms with Gasteiger partial charge in [0.05, 0.1) is 0 Å². The minimum Gasteiger partial charge on any atom is -0.484 e. The highest BCUT2D eigenvalue weighted by Gasteiger charge is 2.09. The molecule has 3 aromatic carbocycles. The van der Waals surface area contributed by atoms with E-state index in [9.17, 15) is 4.79 Å². The summed E-state index contributed by atoms with van der Waals surface area (Å²) < 4.78 is 11.3. The summed E-state index contributed by atoms with van der Waals surface area (Å²) in [6.07, 6.45) is 0.589. The topological polar surface area (TPSA) is 76.4 Å². The van der Waals surface area contributed by atoms with Crippen molar-refractivity contribution in [2.24, 2.45) is 0 Å². The quantitative estimate of drug-likeness (QED) is 0.410. The molecule has 2 N–H and O–H groups in total. The van der Waals surface area contributed by atoms with Gasteiger partial charge in [-0.05, 0) is 73.6 Å². The first kappa shape index (κ1) is 21.5. The van der Waals surface area contributed by atoms with Crippen molar-refractivity contribution < 1.29 is 13.9 Å². The van der Waals surface area contributed by atoms with Gasteiger partial charge >= 0.3 is 0 Å². The Labute approximate surface area is 191 Å². The van der Waals surface area contributed by atoms with Crippen LogP contribution in [-0.2, 0) is 11.2 Å². The molecule has 0 aliphatic carbocycles. The maximum Gasteiger partial charge on any atom is 0.264 e. The zero-order valence-electron chi connectivity index (χ0n) is 17.8. The van der Waals surface area contributed by atoms with Crippen LogP contribution >= 0.6 is 12.2 Å². The molecule has 0 fully saturated rings. The third-order valence-electron chi connectivity index (χ3n) is 4.80. The normalized spacial score (nSPS) is 10.7. The van der Waals surface area contributed by atoms with Gasteiger partial charge in [-0.3, -0.25) is 10.1 Å². The second-order valence-electron chi connectivity index (χ2n) is 7.56. The Morgan fingerprint density at radius 1 is 1.00 bits per heavy atom. The maximum atomic E-state index is 12.1. The number of oxazole rings is 1. The number of hydrogen-bond donors (Lipinski definition) is 2. The number of hydrogen-bond acceptors (Lipinski definition) is 5. The monoisotopic (exact) mass is 445 g/mol. The van der Waals surface area contributed by atoms with Crippen LogP contribution in [0.3, 0.4) is 0 Å². The third-order valence-corrected chi connectivity index (χ3v) is 5.00. The maximum absolute atomic E-state index is 12.1. The second kappa shape index (κ2) is 9.62. The first-order valence-corrected chi connectivity index (χ1v) is 10.6. The largest absolute Gasteiger partial charge is 0.484 e. The summed E-state index contributed by atoms with van der Waals surface area (Å²) in [5, 5.41) is 5.83. The summed E-state index contributed by atoms with van der Waals surface area (Å²) in [7, 11) is 0. The van der Waals surface area contributed by atoms with E-state index in [-0.39, 0.29) is 17.6 Å². The molecule has 1 aromatic heterocycles. The van der Waals surface area contributed by atoms with Crippen LogP contribution < -0.4 is 15.4 Å². The van der Waals surface area contributed by atoms with E-state index in [0.29, 0.717) is 18.1 Å². The van der Waals surface area contributed by atoms with E-state index in [4.69, 9.17) is 21.4 Å². The number of anilines is 1. The van der Waals surface area contributed by atoms with Crippen molar-refractivity contribution in [3.8, 4) is 5.75 Å². The lowest BCUT2D eigenvalue weighted by Crippen LogP contribution is -2.37. The van der Waals surface area contributed by atoms with Gasteiger partial charge in [-0.1, -0.05) is 35.9 Å². The molecule has 4 aromatic rings. The highest BCUT2D eigenvalue weighted by atomic mass is 32.1. The lowest BCUT2D eigenvalue weighted by atomic mass is 10.1. The van der Waals surface area contributed by atoms with Crippen LogP contribution in [0.15, 0.2) is 71.1 Å². The molecule has 7 heteroatoms. The molecule has 0 radical (unpaired) electrons. The highest BCUT2D eigenvalue weighted by Crippen LogP contribution is 2.20. The first-order valence-electron chi connectivity index (χ1n) is 10.2. The number of aryl methyl sites for hydroxylation is 2. The van der Waals surface area contributed by atoms with Crippen molar-refractivity contribution in [3.63, 3.8) is 0 Å². The van der Waals surface area contributed by atoms with Gasteiger partial charge in [0.25, 0.3) is 5.91 Å². The molecule has 0 spiro atoms. The molecule has 162 valence electrons. The SMILES string of the molecule is Cc1ccc(OCC(=O)NC(=S)Nc2ccc(Cc3nc4cc(C)ccc4o3)cc2)cc1. The second-order valence-corrected chi connectivity index (χ2v) is 7.96. The van der Waals surface area contributed by atoms with E-state index in [1.54, 1.807) is 0 Å². The molecule has 0 saturated heterocycles. The number of benzene rings is 3. The number of ether oxygens (including phenoxy) is 1. The van der Waals surface area contributed by atoms with Gasteiger partial charge in [-0.2, -0.15) is 0 Å². The lowest BCUT2D eigenvalue weighted by Gasteiger charge is -2.11. The lowest BCUT2D eigenvalue weighted by molar-refractivity contribution is -0.121. The molecule has 0 unspecified atom stereocenters. The Morgan fingerprint density at radius 3 is 2.47 bits per heavy atom. The summed E-state index contributed by atoms with van der Waals surface area (Å²) >= 11 is 5.22. The van der Waals surface area contributed by atoms with Crippen LogP contribution in [0.25, 0.3) is 11.1 Å². The number of thiocarbonyl (C=S) groups is 1. The Morgan fingerprint density at radius 2 is 1.72 bits per heavy atom. The van der Waals surface area contributed by atoms with Gasteiger partial charge in [0.15, 0.2) is 23.2 Å². The fraction of sp³-hybridized carbons (Fsp3) is 0.160. The smallest absolute Gasteiger partial charge is 0.264 e. The highest BCUT2D eigenvalue weighted by molar-refractivity contribution is 7.80. The molecule has 1 heterocycles. The Hall–Kier alpha value is -3.71. The average molecular weight is 446 g/mol. The number of nitrogens with zero attached hydrogens (tertiary/aromatic N) is 1. The van der Waals surface area contributed by atoms with Crippen molar-refractivity contribution in [1.29, 1.82) is 0 Å². The summed E-state index contributed by atoms with van der Waals surface area (Å²) in [5.41, 5.74) is 5.76. The molecule has 0 aliphatic rings. The van der Waals surface area contributed by atoms with Crippen LogP contribution in [0.1, 0.15) is 22.6 Å². The molecular formula is C25H23N3O3S. The van der Waals surface area contributed by atoms with E-state index in [0.717, 1.165) is 33.5 Å². The number of aromatic nitrogens is 1. The van der Waals surface area contributed by atoms with Gasteiger partial charge in [-0.15, -0.1) is 0 Å². The number of carbonyl (C=O) groups excluding carboxylic acids is 1. The summed E-state index contributed by atoms with van der Waals surface area (Å²) in [4.78, 5) is 16.6. The number of fused-ring (bicyclic) bond motifs is 1. The molecule has 32 heavy (non-hydrogen) atoms. The number of nitrogens with one attached hydrogen (secondary N) is 2. The molecule has 1 amide bonds.